The summed E-state index contributed by atoms with van der Waals surface area (Å²) in [6.07, 6.45) is 11.4. The van der Waals surface area contributed by atoms with Crippen molar-refractivity contribution in [2.45, 2.75) is 19.3 Å². The Balaban J connectivity index is 1.84. The molecule has 0 amide bonds. The number of carbonyl (C=O) groups is 1. The highest BCUT2D eigenvalue weighted by Crippen LogP contribution is 2.08. The van der Waals surface area contributed by atoms with E-state index in [4.69, 9.17) is 0 Å². The molecule has 1 aliphatic heterocycles. The van der Waals surface area contributed by atoms with Crippen LogP contribution in [-0.4, -0.2) is 23.8 Å². The number of benzene rings is 1. The Morgan fingerprint density at radius 1 is 1.00 bits per heavy atom. The van der Waals surface area contributed by atoms with Gasteiger partial charge >= 0.3 is 0 Å². The van der Waals surface area contributed by atoms with Crippen molar-refractivity contribution < 1.29 is 4.79 Å². The minimum absolute atomic E-state index is 0.0545. The van der Waals surface area contributed by atoms with E-state index >= 15 is 0 Å². The quantitative estimate of drug-likeness (QED) is 0.457. The van der Waals surface area contributed by atoms with E-state index in [2.05, 4.69) is 11.1 Å². The fourth-order valence-electron chi connectivity index (χ4n) is 2.08. The van der Waals surface area contributed by atoms with Gasteiger partial charge in [0.1, 0.15) is 0 Å². The molecule has 1 heterocycles. The fraction of sp³-hybridized carbons (Fsp3) is 0.312. The molecule has 0 saturated carbocycles. The summed E-state index contributed by atoms with van der Waals surface area (Å²) in [5.41, 5.74) is 0.736. The zero-order valence-electron chi connectivity index (χ0n) is 10.6. The summed E-state index contributed by atoms with van der Waals surface area (Å²) in [6, 6.07) is 9.34. The lowest BCUT2D eigenvalue weighted by atomic mass is 10.1. The van der Waals surface area contributed by atoms with Gasteiger partial charge in [0, 0.05) is 18.7 Å². The van der Waals surface area contributed by atoms with Gasteiger partial charge in [0.15, 0.2) is 5.78 Å². The summed E-state index contributed by atoms with van der Waals surface area (Å²) < 4.78 is 0. The zero-order chi connectivity index (χ0) is 12.6. The van der Waals surface area contributed by atoms with Crippen molar-refractivity contribution in [2.24, 2.45) is 0 Å². The summed E-state index contributed by atoms with van der Waals surface area (Å²) in [5.74, 6) is 0.0545. The third kappa shape index (κ3) is 3.88. The minimum Gasteiger partial charge on any atom is -0.377 e. The van der Waals surface area contributed by atoms with E-state index in [1.54, 1.807) is 6.08 Å². The second kappa shape index (κ2) is 6.80. The van der Waals surface area contributed by atoms with Crippen LogP contribution in [0.3, 0.4) is 0 Å². The van der Waals surface area contributed by atoms with Crippen molar-refractivity contribution in [2.75, 3.05) is 13.1 Å². The monoisotopic (exact) mass is 241 g/mol. The molecule has 1 saturated heterocycles. The Morgan fingerprint density at radius 3 is 2.44 bits per heavy atom. The molecule has 1 aromatic carbocycles. The van der Waals surface area contributed by atoms with Crippen LogP contribution in [0, 0.1) is 0 Å². The lowest BCUT2D eigenvalue weighted by molar-refractivity contribution is 0.104. The molecule has 18 heavy (non-hydrogen) atoms. The maximum Gasteiger partial charge on any atom is 0.185 e. The van der Waals surface area contributed by atoms with Crippen molar-refractivity contribution in [3.63, 3.8) is 0 Å². The first kappa shape index (κ1) is 12.6. The molecule has 1 fully saturated rings. The van der Waals surface area contributed by atoms with Gasteiger partial charge in [0.25, 0.3) is 0 Å². The summed E-state index contributed by atoms with van der Waals surface area (Å²) in [5, 5.41) is 0. The number of hydrogen-bond donors (Lipinski definition) is 0. The van der Waals surface area contributed by atoms with Crippen molar-refractivity contribution >= 4 is 5.78 Å². The van der Waals surface area contributed by atoms with Gasteiger partial charge in [0.05, 0.1) is 0 Å². The maximum atomic E-state index is 11.8. The highest BCUT2D eigenvalue weighted by molar-refractivity contribution is 6.04. The van der Waals surface area contributed by atoms with Crippen molar-refractivity contribution in [1.29, 1.82) is 0 Å². The molecule has 0 N–H and O–H groups in total. The Hall–Kier alpha value is -1.83. The molecule has 94 valence electrons. The molecule has 0 aliphatic carbocycles. The van der Waals surface area contributed by atoms with E-state index in [9.17, 15) is 4.79 Å². The molecule has 2 nitrogen and oxygen atoms in total. The highest BCUT2D eigenvalue weighted by atomic mass is 16.1. The Labute approximate surface area is 109 Å². The molecular weight excluding hydrogens is 222 g/mol. The van der Waals surface area contributed by atoms with Gasteiger partial charge < -0.3 is 4.90 Å². The Bertz CT molecular complexity index is 428. The number of nitrogens with zero attached hydrogens (tertiary/aromatic N) is 1. The van der Waals surface area contributed by atoms with Gasteiger partial charge in [-0.25, -0.2) is 0 Å². The molecule has 0 bridgehead atoms. The second-order valence-electron chi connectivity index (χ2n) is 4.53. The molecule has 1 aliphatic rings. The summed E-state index contributed by atoms with van der Waals surface area (Å²) in [6.45, 7) is 2.27. The number of hydrogen-bond acceptors (Lipinski definition) is 2. The third-order valence-corrected chi connectivity index (χ3v) is 3.10. The minimum atomic E-state index is 0.0545. The van der Waals surface area contributed by atoms with Gasteiger partial charge in [-0.3, -0.25) is 4.79 Å². The van der Waals surface area contributed by atoms with Crippen LogP contribution < -0.4 is 0 Å². The van der Waals surface area contributed by atoms with Gasteiger partial charge in [-0.05, 0) is 37.6 Å². The maximum absolute atomic E-state index is 11.8. The Morgan fingerprint density at radius 2 is 1.72 bits per heavy atom. The van der Waals surface area contributed by atoms with Gasteiger partial charge in [-0.15, -0.1) is 0 Å². The molecular formula is C16H19NO. The SMILES string of the molecule is O=C(/C=C/C=C/N1CCCCC1)c1ccccc1. The molecule has 2 rings (SSSR count). The van der Waals surface area contributed by atoms with Crippen LogP contribution in [0.25, 0.3) is 0 Å². The number of ketones is 1. The number of likely N-dealkylation sites (tertiary alicyclic amines) is 1. The lowest BCUT2D eigenvalue weighted by Crippen LogP contribution is -2.23. The molecule has 2 heteroatoms. The van der Waals surface area contributed by atoms with Crippen molar-refractivity contribution in [3.05, 3.63) is 60.3 Å². The number of rotatable bonds is 4. The van der Waals surface area contributed by atoms with E-state index in [-0.39, 0.29) is 5.78 Å². The molecule has 0 spiro atoms. The Kier molecular flexibility index (Phi) is 4.77. The fourth-order valence-corrected chi connectivity index (χ4v) is 2.08. The van der Waals surface area contributed by atoms with Crippen LogP contribution in [0.2, 0.25) is 0 Å². The molecule has 0 aromatic heterocycles. The number of carbonyl (C=O) groups excluding carboxylic acids is 1. The molecule has 0 radical (unpaired) electrons. The van der Waals surface area contributed by atoms with E-state index in [1.807, 2.05) is 42.5 Å². The van der Waals surface area contributed by atoms with E-state index in [1.165, 1.54) is 19.3 Å². The van der Waals surface area contributed by atoms with Gasteiger partial charge in [-0.1, -0.05) is 36.4 Å². The average molecular weight is 241 g/mol. The van der Waals surface area contributed by atoms with Crippen molar-refractivity contribution in [3.8, 4) is 0 Å². The smallest absolute Gasteiger partial charge is 0.185 e. The molecule has 0 atom stereocenters. The summed E-state index contributed by atoms with van der Waals surface area (Å²) in [4.78, 5) is 14.1. The third-order valence-electron chi connectivity index (χ3n) is 3.10. The van der Waals surface area contributed by atoms with E-state index in [0.29, 0.717) is 0 Å². The lowest BCUT2D eigenvalue weighted by Gasteiger charge is -2.24. The van der Waals surface area contributed by atoms with E-state index in [0.717, 1.165) is 18.7 Å². The predicted molar refractivity (Wildman–Crippen MR) is 74.5 cm³/mol. The van der Waals surface area contributed by atoms with Crippen LogP contribution in [-0.2, 0) is 0 Å². The van der Waals surface area contributed by atoms with E-state index < -0.39 is 0 Å². The van der Waals surface area contributed by atoms with Crippen LogP contribution in [0.15, 0.2) is 54.8 Å². The largest absolute Gasteiger partial charge is 0.377 e. The first-order chi connectivity index (χ1) is 8.86. The highest BCUT2D eigenvalue weighted by Gasteiger charge is 2.04. The molecule has 1 aromatic rings. The van der Waals surface area contributed by atoms with Gasteiger partial charge in [0.2, 0.25) is 0 Å². The van der Waals surface area contributed by atoms with Crippen LogP contribution in [0.5, 0.6) is 0 Å². The normalized spacial score (nSPS) is 16.6. The molecule has 0 unspecified atom stereocenters. The van der Waals surface area contributed by atoms with Crippen LogP contribution in [0.1, 0.15) is 29.6 Å². The number of allylic oxidation sites excluding steroid dienone is 3. The number of piperidine rings is 1. The van der Waals surface area contributed by atoms with Crippen molar-refractivity contribution in [1.82, 2.24) is 4.90 Å². The van der Waals surface area contributed by atoms with Gasteiger partial charge in [-0.2, -0.15) is 0 Å². The predicted octanol–water partition coefficient (Wildman–Crippen LogP) is 3.43. The first-order valence-corrected chi connectivity index (χ1v) is 6.54. The zero-order valence-corrected chi connectivity index (χ0v) is 10.6. The standard InChI is InChI=1S/C16H19NO/c18-16(15-9-3-1-4-10-15)11-5-8-14-17-12-6-2-7-13-17/h1,3-5,8-11,14H,2,6-7,12-13H2/b11-5+,14-8+. The van der Waals surface area contributed by atoms with Crippen LogP contribution in [0.4, 0.5) is 0 Å². The first-order valence-electron chi connectivity index (χ1n) is 6.54. The summed E-state index contributed by atoms with van der Waals surface area (Å²) >= 11 is 0. The van der Waals surface area contributed by atoms with Crippen LogP contribution >= 0.6 is 0 Å². The second-order valence-corrected chi connectivity index (χ2v) is 4.53. The average Bonchev–Trinajstić information content (AvgIpc) is 2.45. The summed E-state index contributed by atoms with van der Waals surface area (Å²) in [7, 11) is 0. The topological polar surface area (TPSA) is 20.3 Å².